The molecule has 29 heavy (non-hydrogen) atoms. The van der Waals surface area contributed by atoms with Crippen molar-refractivity contribution in [1.29, 1.82) is 0 Å². The van der Waals surface area contributed by atoms with Gasteiger partial charge in [0.15, 0.2) is 29.3 Å². The smallest absolute Gasteiger partial charge is 0.203 e. The van der Waals surface area contributed by atoms with Crippen LogP contribution in [0.25, 0.3) is 0 Å². The summed E-state index contributed by atoms with van der Waals surface area (Å²) >= 11 is 0. The van der Waals surface area contributed by atoms with Crippen molar-refractivity contribution in [2.24, 2.45) is 0 Å². The number of methoxy groups -OCH3 is 6. The summed E-state index contributed by atoms with van der Waals surface area (Å²) in [5, 5.41) is 0. The summed E-state index contributed by atoms with van der Waals surface area (Å²) in [5.41, 5.74) is 1.61. The molecular weight excluding hydrogens is 380 g/mol. The Kier molecular flexibility index (Phi) is 6.56. The van der Waals surface area contributed by atoms with Gasteiger partial charge in [0.1, 0.15) is 6.10 Å². The largest absolute Gasteiger partial charge is 0.493 e. The van der Waals surface area contributed by atoms with Crippen molar-refractivity contribution in [2.45, 2.75) is 12.4 Å². The molecule has 1 saturated heterocycles. The average molecular weight is 406 g/mol. The summed E-state index contributed by atoms with van der Waals surface area (Å²) in [6.07, 6.45) is -0.902. The van der Waals surface area contributed by atoms with Gasteiger partial charge in [-0.15, -0.1) is 0 Å². The molecular formula is C21H26O8. The molecule has 8 heteroatoms. The molecule has 8 nitrogen and oxygen atoms in total. The zero-order valence-corrected chi connectivity index (χ0v) is 17.4. The number of ether oxygens (including phenoxy) is 8. The monoisotopic (exact) mass is 406 g/mol. The van der Waals surface area contributed by atoms with E-state index in [0.29, 0.717) is 41.1 Å². The second kappa shape index (κ2) is 9.11. The van der Waals surface area contributed by atoms with Crippen molar-refractivity contribution in [2.75, 3.05) is 49.3 Å². The molecule has 2 aromatic carbocycles. The minimum absolute atomic E-state index is 0.312. The molecule has 158 valence electrons. The van der Waals surface area contributed by atoms with Crippen LogP contribution in [-0.2, 0) is 9.47 Å². The van der Waals surface area contributed by atoms with Crippen molar-refractivity contribution in [3.05, 3.63) is 35.4 Å². The van der Waals surface area contributed by atoms with E-state index < -0.39 is 6.29 Å². The van der Waals surface area contributed by atoms with E-state index in [4.69, 9.17) is 37.9 Å². The maximum atomic E-state index is 6.15. The van der Waals surface area contributed by atoms with E-state index in [1.165, 1.54) is 0 Å². The summed E-state index contributed by atoms with van der Waals surface area (Å²) in [4.78, 5) is 0. The lowest BCUT2D eigenvalue weighted by molar-refractivity contribution is -0.0610. The predicted molar refractivity (Wildman–Crippen MR) is 105 cm³/mol. The lowest BCUT2D eigenvalue weighted by Crippen LogP contribution is -2.04. The Morgan fingerprint density at radius 1 is 0.621 bits per heavy atom. The van der Waals surface area contributed by atoms with Crippen LogP contribution in [-0.4, -0.2) is 49.3 Å². The van der Waals surface area contributed by atoms with Crippen molar-refractivity contribution < 1.29 is 37.9 Å². The number of benzene rings is 2. The van der Waals surface area contributed by atoms with Gasteiger partial charge in [0.2, 0.25) is 11.5 Å². The Labute approximate surface area is 170 Å². The molecule has 0 saturated carbocycles. The Balaban J connectivity index is 1.89. The van der Waals surface area contributed by atoms with Gasteiger partial charge >= 0.3 is 0 Å². The number of hydrogen-bond donors (Lipinski definition) is 0. The molecule has 0 amide bonds. The van der Waals surface area contributed by atoms with Gasteiger partial charge in [-0.25, -0.2) is 0 Å². The Morgan fingerprint density at radius 3 is 1.41 bits per heavy atom. The number of rotatable bonds is 8. The zero-order valence-electron chi connectivity index (χ0n) is 17.4. The van der Waals surface area contributed by atoms with Crippen molar-refractivity contribution >= 4 is 0 Å². The van der Waals surface area contributed by atoms with Crippen LogP contribution >= 0.6 is 0 Å². The molecule has 3 rings (SSSR count). The lowest BCUT2D eigenvalue weighted by atomic mass is 10.1. The van der Waals surface area contributed by atoms with Crippen LogP contribution < -0.4 is 28.4 Å². The summed E-state index contributed by atoms with van der Waals surface area (Å²) in [6, 6.07) is 7.33. The van der Waals surface area contributed by atoms with Crippen molar-refractivity contribution in [3.8, 4) is 34.5 Å². The molecule has 1 unspecified atom stereocenters. The zero-order chi connectivity index (χ0) is 21.0. The molecule has 0 aromatic heterocycles. The van der Waals surface area contributed by atoms with Crippen LogP contribution in [0.4, 0.5) is 0 Å². The topological polar surface area (TPSA) is 73.8 Å². The van der Waals surface area contributed by atoms with E-state index in [2.05, 4.69) is 0 Å². The summed E-state index contributed by atoms with van der Waals surface area (Å²) in [5.74, 6) is 3.22. The van der Waals surface area contributed by atoms with Gasteiger partial charge in [0, 0.05) is 5.56 Å². The SMILES string of the molecule is COc1cc(C2CO[C@@H](c3cc(OC)c(OC)c(OC)c3)O2)cc(OC)c1OC. The molecule has 2 aromatic rings. The summed E-state index contributed by atoms with van der Waals surface area (Å²) < 4.78 is 44.5. The third kappa shape index (κ3) is 3.99. The molecule has 0 N–H and O–H groups in total. The van der Waals surface area contributed by atoms with E-state index in [-0.39, 0.29) is 6.10 Å². The highest BCUT2D eigenvalue weighted by Gasteiger charge is 2.31. The standard InChI is InChI=1S/C21H26O8/c1-22-14-7-12(8-15(23-2)19(14)26-5)18-11-28-21(29-18)13-9-16(24-3)20(27-6)17(10-13)25-4/h7-10,18,21H,11H2,1-6H3/t18?,21-/m1/s1. The van der Waals surface area contributed by atoms with Gasteiger partial charge in [-0.05, 0) is 29.8 Å². The molecule has 1 fully saturated rings. The minimum atomic E-state index is -0.590. The molecule has 0 aliphatic carbocycles. The van der Waals surface area contributed by atoms with Crippen LogP contribution in [0.1, 0.15) is 23.5 Å². The highest BCUT2D eigenvalue weighted by molar-refractivity contribution is 5.55. The van der Waals surface area contributed by atoms with E-state index in [9.17, 15) is 0 Å². The first-order chi connectivity index (χ1) is 14.1. The van der Waals surface area contributed by atoms with Gasteiger partial charge in [0.05, 0.1) is 49.3 Å². The second-order valence-corrected chi connectivity index (χ2v) is 6.21. The van der Waals surface area contributed by atoms with Gasteiger partial charge in [-0.3, -0.25) is 0 Å². The summed E-state index contributed by atoms with van der Waals surface area (Å²) in [6.45, 7) is 0.361. The van der Waals surface area contributed by atoms with Gasteiger partial charge in [-0.2, -0.15) is 0 Å². The maximum absolute atomic E-state index is 6.15. The molecule has 0 bridgehead atoms. The minimum Gasteiger partial charge on any atom is -0.493 e. The fourth-order valence-electron chi connectivity index (χ4n) is 3.28. The first kappa shape index (κ1) is 20.9. The normalized spacial score (nSPS) is 18.3. The van der Waals surface area contributed by atoms with Crippen LogP contribution in [0, 0.1) is 0 Å². The van der Waals surface area contributed by atoms with Crippen LogP contribution in [0.15, 0.2) is 24.3 Å². The first-order valence-corrected chi connectivity index (χ1v) is 8.97. The van der Waals surface area contributed by atoms with Crippen LogP contribution in [0.3, 0.4) is 0 Å². The second-order valence-electron chi connectivity index (χ2n) is 6.21. The average Bonchev–Trinajstić information content (AvgIpc) is 3.27. The summed E-state index contributed by atoms with van der Waals surface area (Å²) in [7, 11) is 9.41. The van der Waals surface area contributed by atoms with Crippen molar-refractivity contribution in [1.82, 2.24) is 0 Å². The highest BCUT2D eigenvalue weighted by Crippen LogP contribution is 2.45. The van der Waals surface area contributed by atoms with Crippen LogP contribution in [0.2, 0.25) is 0 Å². The van der Waals surface area contributed by atoms with Crippen molar-refractivity contribution in [3.63, 3.8) is 0 Å². The van der Waals surface area contributed by atoms with E-state index >= 15 is 0 Å². The van der Waals surface area contributed by atoms with Gasteiger partial charge < -0.3 is 37.9 Å². The van der Waals surface area contributed by atoms with Crippen LogP contribution in [0.5, 0.6) is 34.5 Å². The Morgan fingerprint density at radius 2 is 1.03 bits per heavy atom. The third-order valence-corrected chi connectivity index (χ3v) is 4.70. The quantitative estimate of drug-likeness (QED) is 0.659. The predicted octanol–water partition coefficient (Wildman–Crippen LogP) is 3.52. The lowest BCUT2D eigenvalue weighted by Gasteiger charge is -2.18. The van der Waals surface area contributed by atoms with E-state index in [1.807, 2.05) is 24.3 Å². The molecule has 2 atom stereocenters. The number of hydrogen-bond acceptors (Lipinski definition) is 8. The third-order valence-electron chi connectivity index (χ3n) is 4.70. The molecule has 1 heterocycles. The fraction of sp³-hybridized carbons (Fsp3) is 0.429. The molecule has 1 aliphatic rings. The molecule has 1 aliphatic heterocycles. The maximum Gasteiger partial charge on any atom is 0.203 e. The van der Waals surface area contributed by atoms with Gasteiger partial charge in [-0.1, -0.05) is 0 Å². The Hall–Kier alpha value is -2.84. The Bertz CT molecular complexity index is 731. The molecule has 0 spiro atoms. The highest BCUT2D eigenvalue weighted by atomic mass is 16.7. The first-order valence-electron chi connectivity index (χ1n) is 8.97. The van der Waals surface area contributed by atoms with E-state index in [0.717, 1.165) is 11.1 Å². The molecule has 0 radical (unpaired) electrons. The van der Waals surface area contributed by atoms with E-state index in [1.54, 1.807) is 42.7 Å². The fourth-order valence-corrected chi connectivity index (χ4v) is 3.28. The van der Waals surface area contributed by atoms with Gasteiger partial charge in [0.25, 0.3) is 0 Å².